The molecule has 0 spiro atoms. The van der Waals surface area contributed by atoms with Gasteiger partial charge in [-0.25, -0.2) is 4.99 Å². The smallest absolute Gasteiger partial charge is 0.226 e. The first kappa shape index (κ1) is 17.4. The monoisotopic (exact) mass is 339 g/mol. The molecule has 126 valence electrons. The summed E-state index contributed by atoms with van der Waals surface area (Å²) < 4.78 is 5.66. The lowest BCUT2D eigenvalue weighted by Crippen LogP contribution is -2.53. The number of ether oxygens (including phenoxy) is 1. The molecule has 1 aromatic carbocycles. The Morgan fingerprint density at radius 3 is 2.70 bits per heavy atom. The van der Waals surface area contributed by atoms with E-state index in [0.717, 1.165) is 5.56 Å². The van der Waals surface area contributed by atoms with Crippen LogP contribution in [0.1, 0.15) is 25.8 Å². The molecule has 4 N–H and O–H groups in total. The SMILES string of the molecule is Cc1ccc(Cl)c(OCCCON2C(N)=NC(N)=NC2(C)C)c1. The van der Waals surface area contributed by atoms with Gasteiger partial charge >= 0.3 is 0 Å². The van der Waals surface area contributed by atoms with Crippen LogP contribution in [0.4, 0.5) is 0 Å². The summed E-state index contributed by atoms with van der Waals surface area (Å²) in [7, 11) is 0. The molecule has 7 nitrogen and oxygen atoms in total. The van der Waals surface area contributed by atoms with Crippen LogP contribution in [0.2, 0.25) is 5.02 Å². The summed E-state index contributed by atoms with van der Waals surface area (Å²) in [6, 6.07) is 5.66. The van der Waals surface area contributed by atoms with Gasteiger partial charge in [-0.3, -0.25) is 4.84 Å². The fourth-order valence-corrected chi connectivity index (χ4v) is 2.31. The number of hydrogen-bond donors (Lipinski definition) is 2. The predicted octanol–water partition coefficient (Wildman–Crippen LogP) is 2.03. The second-order valence-corrected chi connectivity index (χ2v) is 6.11. The van der Waals surface area contributed by atoms with Gasteiger partial charge in [0.2, 0.25) is 11.9 Å². The first-order valence-electron chi connectivity index (χ1n) is 7.31. The van der Waals surface area contributed by atoms with Crippen LogP contribution >= 0.6 is 11.6 Å². The summed E-state index contributed by atoms with van der Waals surface area (Å²) in [6.07, 6.45) is 0.656. The Hall–Kier alpha value is -1.99. The molecule has 0 bridgehead atoms. The highest BCUT2D eigenvalue weighted by Gasteiger charge is 2.32. The fourth-order valence-electron chi connectivity index (χ4n) is 2.14. The molecule has 0 aliphatic carbocycles. The molecular formula is C15H22ClN5O2. The Kier molecular flexibility index (Phi) is 5.33. The maximum atomic E-state index is 6.08. The second-order valence-electron chi connectivity index (χ2n) is 5.70. The van der Waals surface area contributed by atoms with Crippen LogP contribution in [0.15, 0.2) is 28.2 Å². The third kappa shape index (κ3) is 4.49. The lowest BCUT2D eigenvalue weighted by Gasteiger charge is -2.36. The van der Waals surface area contributed by atoms with Crippen molar-refractivity contribution in [2.45, 2.75) is 32.9 Å². The van der Waals surface area contributed by atoms with E-state index in [1.165, 1.54) is 5.06 Å². The molecule has 0 radical (unpaired) electrons. The number of nitrogens with two attached hydrogens (primary N) is 2. The molecule has 0 saturated heterocycles. The van der Waals surface area contributed by atoms with Gasteiger partial charge in [-0.1, -0.05) is 17.7 Å². The van der Waals surface area contributed by atoms with Crippen LogP contribution < -0.4 is 16.2 Å². The van der Waals surface area contributed by atoms with Gasteiger partial charge in [0.15, 0.2) is 5.66 Å². The lowest BCUT2D eigenvalue weighted by atomic mass is 10.2. The molecule has 2 rings (SSSR count). The van der Waals surface area contributed by atoms with Gasteiger partial charge in [0.1, 0.15) is 5.75 Å². The van der Waals surface area contributed by atoms with Crippen molar-refractivity contribution in [3.05, 3.63) is 28.8 Å². The number of rotatable bonds is 6. The number of benzene rings is 1. The third-order valence-corrected chi connectivity index (χ3v) is 3.49. The number of aryl methyl sites for hydroxylation is 1. The minimum atomic E-state index is -0.698. The van der Waals surface area contributed by atoms with Crippen molar-refractivity contribution < 1.29 is 9.57 Å². The van der Waals surface area contributed by atoms with Gasteiger partial charge in [-0.05, 0) is 38.5 Å². The molecule has 1 aliphatic heterocycles. The summed E-state index contributed by atoms with van der Waals surface area (Å²) in [5.41, 5.74) is 11.8. The van der Waals surface area contributed by atoms with Crippen LogP contribution in [-0.2, 0) is 4.84 Å². The topological polar surface area (TPSA) is 98.5 Å². The van der Waals surface area contributed by atoms with E-state index in [9.17, 15) is 0 Å². The Bertz CT molecular complexity index is 630. The highest BCUT2D eigenvalue weighted by Crippen LogP contribution is 2.25. The van der Waals surface area contributed by atoms with E-state index in [0.29, 0.717) is 30.4 Å². The summed E-state index contributed by atoms with van der Waals surface area (Å²) in [5, 5.41) is 2.04. The van der Waals surface area contributed by atoms with E-state index in [-0.39, 0.29) is 11.9 Å². The highest BCUT2D eigenvalue weighted by atomic mass is 35.5. The molecule has 0 saturated carbocycles. The van der Waals surface area contributed by atoms with Gasteiger partial charge in [0.05, 0.1) is 18.2 Å². The molecular weight excluding hydrogens is 318 g/mol. The van der Waals surface area contributed by atoms with Crippen molar-refractivity contribution >= 4 is 23.5 Å². The average molecular weight is 340 g/mol. The number of nitrogens with zero attached hydrogens (tertiary/aromatic N) is 3. The van der Waals surface area contributed by atoms with E-state index in [2.05, 4.69) is 9.98 Å². The van der Waals surface area contributed by atoms with Crippen molar-refractivity contribution in [2.24, 2.45) is 21.5 Å². The number of aliphatic imine (C=N–C) groups is 2. The molecule has 0 fully saturated rings. The number of guanidine groups is 2. The maximum Gasteiger partial charge on any atom is 0.226 e. The van der Waals surface area contributed by atoms with Crippen molar-refractivity contribution in [3.8, 4) is 5.75 Å². The zero-order valence-electron chi connectivity index (χ0n) is 13.5. The molecule has 1 aliphatic rings. The molecule has 1 heterocycles. The first-order valence-corrected chi connectivity index (χ1v) is 7.69. The van der Waals surface area contributed by atoms with E-state index < -0.39 is 5.66 Å². The zero-order chi connectivity index (χ0) is 17.0. The quantitative estimate of drug-likeness (QED) is 0.773. The van der Waals surface area contributed by atoms with E-state index >= 15 is 0 Å². The van der Waals surface area contributed by atoms with E-state index in [1.54, 1.807) is 0 Å². The van der Waals surface area contributed by atoms with Crippen molar-refractivity contribution in [3.63, 3.8) is 0 Å². The summed E-state index contributed by atoms with van der Waals surface area (Å²) in [4.78, 5) is 13.7. The Morgan fingerprint density at radius 1 is 1.26 bits per heavy atom. The van der Waals surface area contributed by atoms with Gasteiger partial charge in [-0.15, -0.1) is 0 Å². The molecule has 23 heavy (non-hydrogen) atoms. The first-order chi connectivity index (χ1) is 10.8. The predicted molar refractivity (Wildman–Crippen MR) is 91.4 cm³/mol. The molecule has 1 aromatic rings. The largest absolute Gasteiger partial charge is 0.492 e. The number of hydrogen-bond acceptors (Lipinski definition) is 7. The summed E-state index contributed by atoms with van der Waals surface area (Å²) >= 11 is 6.08. The molecule has 8 heteroatoms. The normalized spacial score (nSPS) is 16.8. The van der Waals surface area contributed by atoms with Crippen LogP contribution in [0.25, 0.3) is 0 Å². The van der Waals surface area contributed by atoms with E-state index in [4.69, 9.17) is 32.6 Å². The zero-order valence-corrected chi connectivity index (χ0v) is 14.3. The molecule has 0 amide bonds. The van der Waals surface area contributed by atoms with Gasteiger partial charge in [0, 0.05) is 6.42 Å². The van der Waals surface area contributed by atoms with Crippen LogP contribution in [-0.4, -0.2) is 35.9 Å². The minimum absolute atomic E-state index is 0.143. The minimum Gasteiger partial charge on any atom is -0.492 e. The Labute approximate surface area is 140 Å². The van der Waals surface area contributed by atoms with E-state index in [1.807, 2.05) is 39.0 Å². The number of halogens is 1. The van der Waals surface area contributed by atoms with Crippen molar-refractivity contribution in [2.75, 3.05) is 13.2 Å². The molecule has 0 aromatic heterocycles. The van der Waals surface area contributed by atoms with Gasteiger partial charge < -0.3 is 16.2 Å². The maximum absolute atomic E-state index is 6.08. The van der Waals surface area contributed by atoms with Crippen molar-refractivity contribution in [1.29, 1.82) is 0 Å². The fraction of sp³-hybridized carbons (Fsp3) is 0.467. The summed E-state index contributed by atoms with van der Waals surface area (Å²) in [6.45, 7) is 6.53. The highest BCUT2D eigenvalue weighted by molar-refractivity contribution is 6.32. The van der Waals surface area contributed by atoms with Gasteiger partial charge in [0.25, 0.3) is 0 Å². The van der Waals surface area contributed by atoms with Gasteiger partial charge in [-0.2, -0.15) is 10.1 Å². The average Bonchev–Trinajstić information content (AvgIpc) is 2.43. The third-order valence-electron chi connectivity index (χ3n) is 3.18. The lowest BCUT2D eigenvalue weighted by molar-refractivity contribution is -0.158. The molecule has 0 atom stereocenters. The van der Waals surface area contributed by atoms with Crippen LogP contribution in [0.5, 0.6) is 5.75 Å². The number of hydroxylamine groups is 2. The van der Waals surface area contributed by atoms with Crippen LogP contribution in [0.3, 0.4) is 0 Å². The van der Waals surface area contributed by atoms with Crippen LogP contribution in [0, 0.1) is 6.92 Å². The molecule has 0 unspecified atom stereocenters. The second kappa shape index (κ2) is 7.06. The Balaban J connectivity index is 1.80. The van der Waals surface area contributed by atoms with Crippen molar-refractivity contribution in [1.82, 2.24) is 5.06 Å². The standard InChI is InChI=1S/C15H22ClN5O2/c1-10-5-6-11(16)12(9-10)22-7-4-8-23-21-14(18)19-13(17)20-15(21,2)3/h5-6,9H,4,7-8H2,1-3H3,(H4,17,18,19,20). The summed E-state index contributed by atoms with van der Waals surface area (Å²) in [5.74, 6) is 0.998. The Morgan fingerprint density at radius 2 is 2.00 bits per heavy atom.